The van der Waals surface area contributed by atoms with E-state index in [1.54, 1.807) is 6.20 Å². The molecule has 0 atom stereocenters. The Bertz CT molecular complexity index is 549. The largest absolute Gasteiger partial charge is 0.362 e. The Morgan fingerprint density at radius 2 is 2.17 bits per heavy atom. The molecule has 0 saturated heterocycles. The predicted octanol–water partition coefficient (Wildman–Crippen LogP) is 2.35. The maximum Gasteiger partial charge on any atom is 0.137 e. The lowest BCUT2D eigenvalue weighted by molar-refractivity contribution is 0.807. The molecule has 0 aliphatic carbocycles. The fourth-order valence-electron chi connectivity index (χ4n) is 1.59. The zero-order chi connectivity index (χ0) is 13.1. The maximum absolute atomic E-state index is 6.08. The van der Waals surface area contributed by atoms with Crippen LogP contribution in [-0.2, 0) is 20.0 Å². The molecule has 1 N–H and O–H groups in total. The van der Waals surface area contributed by atoms with Gasteiger partial charge in [-0.25, -0.2) is 15.0 Å². The molecule has 0 radical (unpaired) electrons. The van der Waals surface area contributed by atoms with Gasteiger partial charge in [0, 0.05) is 31.4 Å². The number of anilines is 1. The second-order valence-electron chi connectivity index (χ2n) is 4.07. The van der Waals surface area contributed by atoms with Crippen LogP contribution in [0.1, 0.15) is 24.1 Å². The van der Waals surface area contributed by atoms with Crippen LogP contribution in [0.4, 0.5) is 5.82 Å². The summed E-state index contributed by atoms with van der Waals surface area (Å²) in [6.07, 6.45) is 4.44. The molecule has 2 rings (SSSR count). The summed E-state index contributed by atoms with van der Waals surface area (Å²) in [5.41, 5.74) is 0.864. The number of hydrogen-bond donors (Lipinski definition) is 1. The van der Waals surface area contributed by atoms with Gasteiger partial charge < -0.3 is 9.88 Å². The summed E-state index contributed by atoms with van der Waals surface area (Å²) < 4.78 is 1.96. The molecule has 2 aromatic heterocycles. The Morgan fingerprint density at radius 3 is 2.78 bits per heavy atom. The van der Waals surface area contributed by atoms with Crippen LogP contribution in [0.25, 0.3) is 0 Å². The summed E-state index contributed by atoms with van der Waals surface area (Å²) in [7, 11) is 1.96. The zero-order valence-corrected chi connectivity index (χ0v) is 11.5. The number of imidazole rings is 1. The summed E-state index contributed by atoms with van der Waals surface area (Å²) >= 11 is 6.08. The van der Waals surface area contributed by atoms with Gasteiger partial charge in [0.2, 0.25) is 0 Å². The number of halogens is 1. The van der Waals surface area contributed by atoms with Gasteiger partial charge in [0.1, 0.15) is 22.6 Å². The number of nitrogens with zero attached hydrogens (tertiary/aromatic N) is 4. The third-order valence-electron chi connectivity index (χ3n) is 2.78. The quantitative estimate of drug-likeness (QED) is 0.862. The number of hydrogen-bond acceptors (Lipinski definition) is 4. The highest BCUT2D eigenvalue weighted by Gasteiger charge is 2.09. The Balaban J connectivity index is 2.18. The summed E-state index contributed by atoms with van der Waals surface area (Å²) in [6.45, 7) is 4.52. The molecule has 0 unspecified atom stereocenters. The second kappa shape index (κ2) is 5.35. The van der Waals surface area contributed by atoms with Crippen LogP contribution in [-0.4, -0.2) is 19.5 Å². The molecule has 0 aliphatic heterocycles. The molecule has 6 heteroatoms. The van der Waals surface area contributed by atoms with Crippen molar-refractivity contribution in [3.63, 3.8) is 0 Å². The van der Waals surface area contributed by atoms with Crippen LogP contribution < -0.4 is 5.32 Å². The van der Waals surface area contributed by atoms with Crippen molar-refractivity contribution in [2.75, 3.05) is 5.32 Å². The Morgan fingerprint density at radius 1 is 1.39 bits per heavy atom. The van der Waals surface area contributed by atoms with Gasteiger partial charge in [-0.2, -0.15) is 0 Å². The van der Waals surface area contributed by atoms with Crippen LogP contribution in [0.2, 0.25) is 5.15 Å². The molecule has 0 amide bonds. The predicted molar refractivity (Wildman–Crippen MR) is 71.7 cm³/mol. The minimum absolute atomic E-state index is 0.504. The lowest BCUT2D eigenvalue weighted by atomic mass is 10.3. The summed E-state index contributed by atoms with van der Waals surface area (Å²) in [6, 6.07) is 0. The normalized spacial score (nSPS) is 10.7. The van der Waals surface area contributed by atoms with Crippen LogP contribution in [0.15, 0.2) is 12.4 Å². The molecule has 2 aromatic rings. The average Bonchev–Trinajstić information content (AvgIpc) is 2.76. The second-order valence-corrected chi connectivity index (χ2v) is 4.42. The summed E-state index contributed by atoms with van der Waals surface area (Å²) in [5, 5.41) is 3.76. The number of nitrogens with one attached hydrogen (secondary N) is 1. The van der Waals surface area contributed by atoms with Crippen LogP contribution in [0.5, 0.6) is 0 Å². The molecule has 0 aliphatic rings. The molecule has 0 aromatic carbocycles. The highest BCUT2D eigenvalue weighted by Crippen LogP contribution is 2.20. The van der Waals surface area contributed by atoms with E-state index in [0.717, 1.165) is 29.5 Å². The lowest BCUT2D eigenvalue weighted by Crippen LogP contribution is -2.10. The van der Waals surface area contributed by atoms with Gasteiger partial charge in [-0.15, -0.1) is 0 Å². The molecular formula is C12H16ClN5. The molecule has 2 heterocycles. The standard InChI is InChI=1S/C12H16ClN5/c1-4-9-16-11(13)8(2)12(17-9)15-7-10-14-5-6-18(10)3/h5-6H,4,7H2,1-3H3,(H,15,16,17). The van der Waals surface area contributed by atoms with E-state index in [-0.39, 0.29) is 0 Å². The van der Waals surface area contributed by atoms with Crippen LogP contribution >= 0.6 is 11.6 Å². The van der Waals surface area contributed by atoms with Crippen LogP contribution in [0, 0.1) is 6.92 Å². The lowest BCUT2D eigenvalue weighted by Gasteiger charge is -2.10. The monoisotopic (exact) mass is 265 g/mol. The van der Waals surface area contributed by atoms with Crippen molar-refractivity contribution in [2.24, 2.45) is 7.05 Å². The molecular weight excluding hydrogens is 250 g/mol. The third-order valence-corrected chi connectivity index (χ3v) is 3.15. The zero-order valence-electron chi connectivity index (χ0n) is 10.7. The first-order chi connectivity index (χ1) is 8.61. The smallest absolute Gasteiger partial charge is 0.137 e. The molecule has 0 saturated carbocycles. The van der Waals surface area contributed by atoms with E-state index in [2.05, 4.69) is 20.3 Å². The molecule has 0 spiro atoms. The minimum atomic E-state index is 0.504. The number of aryl methyl sites for hydroxylation is 2. The first-order valence-electron chi connectivity index (χ1n) is 5.85. The van der Waals surface area contributed by atoms with E-state index < -0.39 is 0 Å². The van der Waals surface area contributed by atoms with Gasteiger partial charge in [-0.05, 0) is 6.92 Å². The van der Waals surface area contributed by atoms with Gasteiger partial charge in [-0.1, -0.05) is 18.5 Å². The molecule has 18 heavy (non-hydrogen) atoms. The molecule has 96 valence electrons. The SMILES string of the molecule is CCc1nc(Cl)c(C)c(NCc2nccn2C)n1. The summed E-state index contributed by atoms with van der Waals surface area (Å²) in [4.78, 5) is 12.9. The minimum Gasteiger partial charge on any atom is -0.362 e. The fourth-order valence-corrected chi connectivity index (χ4v) is 1.78. The molecule has 5 nitrogen and oxygen atoms in total. The van der Waals surface area contributed by atoms with Crippen LogP contribution in [0.3, 0.4) is 0 Å². The Kier molecular flexibility index (Phi) is 3.81. The highest BCUT2D eigenvalue weighted by atomic mass is 35.5. The fraction of sp³-hybridized carbons (Fsp3) is 0.417. The average molecular weight is 266 g/mol. The molecule has 0 bridgehead atoms. The topological polar surface area (TPSA) is 55.6 Å². The maximum atomic E-state index is 6.08. The van der Waals surface area contributed by atoms with E-state index in [9.17, 15) is 0 Å². The van der Waals surface area contributed by atoms with E-state index in [1.165, 1.54) is 0 Å². The Hall–Kier alpha value is -1.62. The van der Waals surface area contributed by atoms with E-state index >= 15 is 0 Å². The molecule has 0 fully saturated rings. The van der Waals surface area contributed by atoms with Gasteiger partial charge in [0.25, 0.3) is 0 Å². The third kappa shape index (κ3) is 2.61. The van der Waals surface area contributed by atoms with Crippen molar-refractivity contribution in [3.05, 3.63) is 34.8 Å². The van der Waals surface area contributed by atoms with Gasteiger partial charge in [0.15, 0.2) is 0 Å². The van der Waals surface area contributed by atoms with Gasteiger partial charge in [-0.3, -0.25) is 0 Å². The first kappa shape index (κ1) is 12.8. The van der Waals surface area contributed by atoms with E-state index in [1.807, 2.05) is 31.7 Å². The van der Waals surface area contributed by atoms with Crippen molar-refractivity contribution in [1.29, 1.82) is 0 Å². The van der Waals surface area contributed by atoms with E-state index in [4.69, 9.17) is 11.6 Å². The van der Waals surface area contributed by atoms with Gasteiger partial charge in [0.05, 0.1) is 6.54 Å². The van der Waals surface area contributed by atoms with Crippen molar-refractivity contribution in [1.82, 2.24) is 19.5 Å². The number of aromatic nitrogens is 4. The van der Waals surface area contributed by atoms with E-state index in [0.29, 0.717) is 11.7 Å². The first-order valence-corrected chi connectivity index (χ1v) is 6.22. The van der Waals surface area contributed by atoms with Crippen molar-refractivity contribution in [2.45, 2.75) is 26.8 Å². The number of rotatable bonds is 4. The van der Waals surface area contributed by atoms with Gasteiger partial charge >= 0.3 is 0 Å². The summed E-state index contributed by atoms with van der Waals surface area (Å²) in [5.74, 6) is 2.46. The van der Waals surface area contributed by atoms with Crippen molar-refractivity contribution < 1.29 is 0 Å². The Labute approximate surface area is 111 Å². The van der Waals surface area contributed by atoms with Crippen molar-refractivity contribution in [3.8, 4) is 0 Å². The highest BCUT2D eigenvalue weighted by molar-refractivity contribution is 6.30. The van der Waals surface area contributed by atoms with Crippen molar-refractivity contribution >= 4 is 17.4 Å².